The van der Waals surface area contributed by atoms with Crippen LogP contribution in [-0.2, 0) is 17.7 Å². The predicted molar refractivity (Wildman–Crippen MR) is 118 cm³/mol. The molecule has 0 bridgehead atoms. The van der Waals surface area contributed by atoms with Crippen molar-refractivity contribution in [1.82, 2.24) is 20.8 Å². The molecule has 0 atom stereocenters. The highest BCUT2D eigenvalue weighted by Crippen LogP contribution is 2.18. The minimum Gasteiger partial charge on any atom is -0.382 e. The fourth-order valence-electron chi connectivity index (χ4n) is 2.44. The molecule has 0 spiro atoms. The molecular formula is C19H30IN5O2. The van der Waals surface area contributed by atoms with Crippen molar-refractivity contribution < 1.29 is 9.26 Å². The standard InChI is InChI=1S/C19H29N5O2.HI/c1-4-8-17-23-18(26-24-17)16-10-6-9-15(13-16)14-22-19(20-3)21-11-7-12-25-5-2;/h6,9-10,13H,4-5,7-8,11-12,14H2,1-3H3,(H2,20,21,22);1H. The molecule has 7 nitrogen and oxygen atoms in total. The van der Waals surface area contributed by atoms with Gasteiger partial charge in [-0.1, -0.05) is 24.2 Å². The third-order valence-corrected chi connectivity index (χ3v) is 3.76. The van der Waals surface area contributed by atoms with Gasteiger partial charge in [0, 0.05) is 45.3 Å². The van der Waals surface area contributed by atoms with Crippen molar-refractivity contribution in [3.63, 3.8) is 0 Å². The van der Waals surface area contributed by atoms with Crippen molar-refractivity contribution in [2.45, 2.75) is 39.7 Å². The Hall–Kier alpha value is -1.68. The Morgan fingerprint density at radius 2 is 2.11 bits per heavy atom. The summed E-state index contributed by atoms with van der Waals surface area (Å²) in [5.74, 6) is 2.09. The molecule has 0 saturated heterocycles. The van der Waals surface area contributed by atoms with Crippen molar-refractivity contribution in [2.24, 2.45) is 4.99 Å². The van der Waals surface area contributed by atoms with Crippen LogP contribution in [0, 0.1) is 0 Å². The molecule has 0 aliphatic rings. The summed E-state index contributed by atoms with van der Waals surface area (Å²) in [7, 11) is 1.77. The second-order valence-electron chi connectivity index (χ2n) is 5.87. The number of halogens is 1. The van der Waals surface area contributed by atoms with E-state index < -0.39 is 0 Å². The van der Waals surface area contributed by atoms with E-state index in [1.54, 1.807) is 7.05 Å². The number of hydrogen-bond donors (Lipinski definition) is 2. The number of aryl methyl sites for hydroxylation is 1. The average Bonchev–Trinajstić information content (AvgIpc) is 3.13. The zero-order valence-corrected chi connectivity index (χ0v) is 18.7. The van der Waals surface area contributed by atoms with Gasteiger partial charge in [0.05, 0.1) is 0 Å². The maximum atomic E-state index is 5.36. The van der Waals surface area contributed by atoms with Gasteiger partial charge in [-0.15, -0.1) is 24.0 Å². The number of benzene rings is 1. The Labute approximate surface area is 178 Å². The molecule has 0 aliphatic carbocycles. The normalized spacial score (nSPS) is 11.1. The summed E-state index contributed by atoms with van der Waals surface area (Å²) < 4.78 is 10.7. The number of ether oxygens (including phenoxy) is 1. The fraction of sp³-hybridized carbons (Fsp3) is 0.526. The van der Waals surface area contributed by atoms with E-state index in [1.807, 2.05) is 19.1 Å². The van der Waals surface area contributed by atoms with E-state index in [4.69, 9.17) is 9.26 Å². The molecule has 150 valence electrons. The number of nitrogens with zero attached hydrogens (tertiary/aromatic N) is 3. The highest BCUT2D eigenvalue weighted by molar-refractivity contribution is 14.0. The van der Waals surface area contributed by atoms with Gasteiger partial charge in [-0.25, -0.2) is 0 Å². The summed E-state index contributed by atoms with van der Waals surface area (Å²) in [6, 6.07) is 8.09. The van der Waals surface area contributed by atoms with E-state index in [0.717, 1.165) is 61.9 Å². The number of aromatic nitrogens is 2. The first-order valence-electron chi connectivity index (χ1n) is 9.21. The van der Waals surface area contributed by atoms with Crippen LogP contribution in [0.25, 0.3) is 11.5 Å². The molecule has 0 unspecified atom stereocenters. The largest absolute Gasteiger partial charge is 0.382 e. The van der Waals surface area contributed by atoms with Gasteiger partial charge in [0.25, 0.3) is 5.89 Å². The van der Waals surface area contributed by atoms with Gasteiger partial charge in [0.15, 0.2) is 11.8 Å². The lowest BCUT2D eigenvalue weighted by molar-refractivity contribution is 0.145. The Balaban J connectivity index is 0.00000364. The number of hydrogen-bond acceptors (Lipinski definition) is 5. The first kappa shape index (κ1) is 23.4. The first-order valence-corrected chi connectivity index (χ1v) is 9.21. The quantitative estimate of drug-likeness (QED) is 0.231. The van der Waals surface area contributed by atoms with Crippen LogP contribution in [0.3, 0.4) is 0 Å². The van der Waals surface area contributed by atoms with Gasteiger partial charge in [0.2, 0.25) is 0 Å². The summed E-state index contributed by atoms with van der Waals surface area (Å²) in [6.45, 7) is 7.09. The molecule has 0 aliphatic heterocycles. The molecule has 0 radical (unpaired) electrons. The summed E-state index contributed by atoms with van der Waals surface area (Å²) >= 11 is 0. The maximum Gasteiger partial charge on any atom is 0.257 e. The Kier molecular flexibility index (Phi) is 11.7. The zero-order valence-electron chi connectivity index (χ0n) is 16.3. The minimum atomic E-state index is 0. The molecule has 0 saturated carbocycles. The smallest absolute Gasteiger partial charge is 0.257 e. The Morgan fingerprint density at radius 1 is 1.26 bits per heavy atom. The minimum absolute atomic E-state index is 0. The van der Waals surface area contributed by atoms with Crippen LogP contribution < -0.4 is 10.6 Å². The third-order valence-electron chi connectivity index (χ3n) is 3.76. The molecule has 8 heteroatoms. The van der Waals surface area contributed by atoms with E-state index in [-0.39, 0.29) is 24.0 Å². The molecule has 1 heterocycles. The molecule has 0 fully saturated rings. The first-order chi connectivity index (χ1) is 12.8. The fourth-order valence-corrected chi connectivity index (χ4v) is 2.44. The number of guanidine groups is 1. The van der Waals surface area contributed by atoms with Gasteiger partial charge in [-0.2, -0.15) is 4.98 Å². The highest BCUT2D eigenvalue weighted by Gasteiger charge is 2.09. The van der Waals surface area contributed by atoms with E-state index in [2.05, 4.69) is 44.8 Å². The predicted octanol–water partition coefficient (Wildman–Crippen LogP) is 3.40. The van der Waals surface area contributed by atoms with Gasteiger partial charge < -0.3 is 19.9 Å². The lowest BCUT2D eigenvalue weighted by Crippen LogP contribution is -2.37. The van der Waals surface area contributed by atoms with Gasteiger partial charge in [-0.3, -0.25) is 4.99 Å². The van der Waals surface area contributed by atoms with Crippen LogP contribution in [-0.4, -0.2) is 42.9 Å². The second-order valence-corrected chi connectivity index (χ2v) is 5.87. The molecular weight excluding hydrogens is 457 g/mol. The monoisotopic (exact) mass is 487 g/mol. The van der Waals surface area contributed by atoms with Crippen molar-refractivity contribution in [2.75, 3.05) is 26.8 Å². The third kappa shape index (κ3) is 8.25. The summed E-state index contributed by atoms with van der Waals surface area (Å²) in [5, 5.41) is 10.6. The maximum absolute atomic E-state index is 5.36. The molecule has 0 amide bonds. The summed E-state index contributed by atoms with van der Waals surface area (Å²) in [6.07, 6.45) is 2.77. The Morgan fingerprint density at radius 3 is 2.85 bits per heavy atom. The van der Waals surface area contributed by atoms with Gasteiger partial charge in [0.1, 0.15) is 0 Å². The van der Waals surface area contributed by atoms with Crippen molar-refractivity contribution >= 4 is 29.9 Å². The lowest BCUT2D eigenvalue weighted by atomic mass is 10.1. The van der Waals surface area contributed by atoms with Crippen LogP contribution in [0.5, 0.6) is 0 Å². The summed E-state index contributed by atoms with van der Waals surface area (Å²) in [5.41, 5.74) is 2.05. The summed E-state index contributed by atoms with van der Waals surface area (Å²) in [4.78, 5) is 8.68. The second kappa shape index (κ2) is 13.5. The number of rotatable bonds is 10. The van der Waals surface area contributed by atoms with E-state index in [0.29, 0.717) is 12.4 Å². The topological polar surface area (TPSA) is 84.6 Å². The molecule has 2 aromatic rings. The number of nitrogens with one attached hydrogen (secondary N) is 2. The van der Waals surface area contributed by atoms with Crippen LogP contribution >= 0.6 is 24.0 Å². The van der Waals surface area contributed by atoms with Crippen LogP contribution in [0.1, 0.15) is 38.1 Å². The average molecular weight is 487 g/mol. The van der Waals surface area contributed by atoms with Gasteiger partial charge in [-0.05, 0) is 37.5 Å². The SMILES string of the molecule is CCCc1noc(-c2cccc(CNC(=NC)NCCCOCC)c2)n1.I. The van der Waals surface area contributed by atoms with Crippen LogP contribution in [0.15, 0.2) is 33.8 Å². The lowest BCUT2D eigenvalue weighted by Gasteiger charge is -2.12. The van der Waals surface area contributed by atoms with E-state index in [9.17, 15) is 0 Å². The highest BCUT2D eigenvalue weighted by atomic mass is 127. The Bertz CT molecular complexity index is 690. The van der Waals surface area contributed by atoms with Crippen molar-refractivity contribution in [1.29, 1.82) is 0 Å². The van der Waals surface area contributed by atoms with Crippen LogP contribution in [0.4, 0.5) is 0 Å². The molecule has 2 N–H and O–H groups in total. The van der Waals surface area contributed by atoms with Crippen molar-refractivity contribution in [3.05, 3.63) is 35.7 Å². The van der Waals surface area contributed by atoms with Gasteiger partial charge >= 0.3 is 0 Å². The molecule has 27 heavy (non-hydrogen) atoms. The number of aliphatic imine (C=N–C) groups is 1. The van der Waals surface area contributed by atoms with E-state index in [1.165, 1.54) is 0 Å². The molecule has 2 rings (SSSR count). The molecule has 1 aromatic carbocycles. The zero-order chi connectivity index (χ0) is 18.6. The molecule has 1 aromatic heterocycles. The van der Waals surface area contributed by atoms with E-state index >= 15 is 0 Å². The van der Waals surface area contributed by atoms with Crippen LogP contribution in [0.2, 0.25) is 0 Å². The van der Waals surface area contributed by atoms with Crippen molar-refractivity contribution in [3.8, 4) is 11.5 Å².